The molecule has 0 spiro atoms. The van der Waals surface area contributed by atoms with Gasteiger partial charge in [-0.05, 0) is 44.5 Å². The van der Waals surface area contributed by atoms with Gasteiger partial charge in [-0.15, -0.1) is 0 Å². The number of hydrogen-bond donors (Lipinski definition) is 2. The molecule has 3 aromatic rings. The fourth-order valence-corrected chi connectivity index (χ4v) is 2.76. The van der Waals surface area contributed by atoms with Crippen molar-refractivity contribution < 1.29 is 14.3 Å². The predicted molar refractivity (Wildman–Crippen MR) is 107 cm³/mol. The molecule has 0 atom stereocenters. The second-order valence-corrected chi connectivity index (χ2v) is 7.37. The summed E-state index contributed by atoms with van der Waals surface area (Å²) in [7, 11) is 1.58. The highest BCUT2D eigenvalue weighted by molar-refractivity contribution is 5.94. The second-order valence-electron chi connectivity index (χ2n) is 7.37. The van der Waals surface area contributed by atoms with E-state index in [4.69, 9.17) is 9.47 Å². The van der Waals surface area contributed by atoms with Crippen LogP contribution in [0.2, 0.25) is 0 Å². The van der Waals surface area contributed by atoms with Crippen LogP contribution in [0.1, 0.15) is 26.3 Å². The van der Waals surface area contributed by atoms with E-state index >= 15 is 0 Å². The first kappa shape index (κ1) is 19.4. The van der Waals surface area contributed by atoms with Crippen LogP contribution in [0, 0.1) is 0 Å². The van der Waals surface area contributed by atoms with E-state index < -0.39 is 11.7 Å². The molecule has 146 valence electrons. The summed E-state index contributed by atoms with van der Waals surface area (Å²) in [5.74, 6) is 0.652. The summed E-state index contributed by atoms with van der Waals surface area (Å²) >= 11 is 0. The molecule has 1 amide bonds. The Balaban J connectivity index is 1.83. The first-order valence-corrected chi connectivity index (χ1v) is 8.89. The van der Waals surface area contributed by atoms with E-state index in [9.17, 15) is 9.59 Å². The maximum atomic E-state index is 12.1. The summed E-state index contributed by atoms with van der Waals surface area (Å²) in [5, 5.41) is 10.7. The van der Waals surface area contributed by atoms with Crippen LogP contribution in [0.15, 0.2) is 47.3 Å². The predicted octanol–water partition coefficient (Wildman–Crippen LogP) is 3.62. The largest absolute Gasteiger partial charge is 0.497 e. The van der Waals surface area contributed by atoms with Crippen LogP contribution < -0.4 is 15.6 Å². The number of fused-ring (bicyclic) bond motifs is 1. The van der Waals surface area contributed by atoms with Crippen molar-refractivity contribution in [3.63, 3.8) is 0 Å². The van der Waals surface area contributed by atoms with Gasteiger partial charge >= 0.3 is 6.09 Å². The highest BCUT2D eigenvalue weighted by Gasteiger charge is 2.16. The molecule has 1 heterocycles. The molecule has 0 unspecified atom stereocenters. The highest BCUT2D eigenvalue weighted by Crippen LogP contribution is 2.27. The Hall–Kier alpha value is -3.35. The molecule has 7 heteroatoms. The molecule has 2 aromatic carbocycles. The minimum Gasteiger partial charge on any atom is -0.497 e. The van der Waals surface area contributed by atoms with E-state index in [1.54, 1.807) is 25.3 Å². The summed E-state index contributed by atoms with van der Waals surface area (Å²) < 4.78 is 10.5. The van der Waals surface area contributed by atoms with Gasteiger partial charge in [-0.25, -0.2) is 9.89 Å². The van der Waals surface area contributed by atoms with Crippen molar-refractivity contribution in [3.8, 4) is 17.0 Å². The molecule has 0 bridgehead atoms. The lowest BCUT2D eigenvalue weighted by atomic mass is 10.0. The fourth-order valence-electron chi connectivity index (χ4n) is 2.76. The van der Waals surface area contributed by atoms with Gasteiger partial charge in [0.15, 0.2) is 0 Å². The monoisotopic (exact) mass is 381 g/mol. The Morgan fingerprint density at radius 1 is 1.11 bits per heavy atom. The van der Waals surface area contributed by atoms with Gasteiger partial charge in [-0.3, -0.25) is 4.79 Å². The fraction of sp³-hybridized carbons (Fsp3) is 0.286. The molecular weight excluding hydrogens is 358 g/mol. The van der Waals surface area contributed by atoms with Crippen LogP contribution >= 0.6 is 0 Å². The molecule has 0 fully saturated rings. The van der Waals surface area contributed by atoms with Crippen LogP contribution in [0.25, 0.3) is 22.0 Å². The number of ether oxygens (including phenoxy) is 2. The number of alkyl carbamates (subject to hydrolysis) is 1. The molecule has 28 heavy (non-hydrogen) atoms. The van der Waals surface area contributed by atoms with Gasteiger partial charge < -0.3 is 14.8 Å². The molecule has 0 aliphatic heterocycles. The van der Waals surface area contributed by atoms with Gasteiger partial charge in [-0.1, -0.05) is 24.3 Å². The molecule has 0 aliphatic carbocycles. The lowest BCUT2D eigenvalue weighted by Gasteiger charge is -2.19. The third-order valence-electron chi connectivity index (χ3n) is 4.06. The van der Waals surface area contributed by atoms with Gasteiger partial charge in [0.2, 0.25) is 0 Å². The minimum absolute atomic E-state index is 0.250. The molecule has 0 saturated heterocycles. The first-order chi connectivity index (χ1) is 13.3. The number of methoxy groups -OCH3 is 1. The van der Waals surface area contributed by atoms with Crippen LogP contribution in [-0.2, 0) is 11.3 Å². The number of rotatable bonds is 4. The number of carbonyl (C=O) groups is 1. The summed E-state index contributed by atoms with van der Waals surface area (Å²) in [6.45, 7) is 5.80. The maximum Gasteiger partial charge on any atom is 0.407 e. The van der Waals surface area contributed by atoms with Gasteiger partial charge in [-0.2, -0.15) is 5.10 Å². The lowest BCUT2D eigenvalue weighted by molar-refractivity contribution is 0.0523. The number of benzene rings is 2. The van der Waals surface area contributed by atoms with Gasteiger partial charge in [0.25, 0.3) is 5.56 Å². The summed E-state index contributed by atoms with van der Waals surface area (Å²) in [6, 6.07) is 12.8. The van der Waals surface area contributed by atoms with Gasteiger partial charge in [0, 0.05) is 17.5 Å². The Kier molecular flexibility index (Phi) is 5.35. The van der Waals surface area contributed by atoms with E-state index in [-0.39, 0.29) is 5.56 Å². The molecule has 1 aromatic heterocycles. The molecule has 0 aliphatic rings. The van der Waals surface area contributed by atoms with Crippen molar-refractivity contribution >= 4 is 16.9 Å². The van der Waals surface area contributed by atoms with E-state index in [1.165, 1.54) is 0 Å². The number of aromatic nitrogens is 2. The minimum atomic E-state index is -0.536. The molecular formula is C21H23N3O4. The normalized spacial score (nSPS) is 11.3. The Morgan fingerprint density at radius 3 is 2.46 bits per heavy atom. The number of hydrogen-bond acceptors (Lipinski definition) is 5. The standard InChI is InChI=1S/C21H23N3O4/c1-21(2,3)28-20(26)22-12-13-5-7-14(8-6-13)18-17-11-15(27-4)9-10-16(17)19(25)24-23-18/h5-11H,12H2,1-4H3,(H,22,26)(H,24,25). The third-order valence-corrected chi connectivity index (χ3v) is 4.06. The molecule has 2 N–H and O–H groups in total. The third kappa shape index (κ3) is 4.49. The van der Waals surface area contributed by atoms with Crippen LogP contribution in [-0.4, -0.2) is 29.0 Å². The van der Waals surface area contributed by atoms with Crippen LogP contribution in [0.3, 0.4) is 0 Å². The number of aromatic amines is 1. The van der Waals surface area contributed by atoms with Crippen molar-refractivity contribution in [2.45, 2.75) is 32.9 Å². The van der Waals surface area contributed by atoms with Crippen molar-refractivity contribution in [1.29, 1.82) is 0 Å². The van der Waals surface area contributed by atoms with Crippen molar-refractivity contribution in [2.24, 2.45) is 0 Å². The van der Waals surface area contributed by atoms with Crippen molar-refractivity contribution in [3.05, 3.63) is 58.4 Å². The van der Waals surface area contributed by atoms with E-state index in [0.717, 1.165) is 11.1 Å². The quantitative estimate of drug-likeness (QED) is 0.720. The Labute approximate surface area is 162 Å². The number of H-pyrrole nitrogens is 1. The van der Waals surface area contributed by atoms with Crippen molar-refractivity contribution in [1.82, 2.24) is 15.5 Å². The van der Waals surface area contributed by atoms with E-state index in [2.05, 4.69) is 15.5 Å². The van der Waals surface area contributed by atoms with Gasteiger partial charge in [0.05, 0.1) is 18.2 Å². The molecule has 0 radical (unpaired) electrons. The summed E-state index contributed by atoms with van der Waals surface area (Å²) in [4.78, 5) is 23.8. The maximum absolute atomic E-state index is 12.1. The zero-order valence-electron chi connectivity index (χ0n) is 16.3. The topological polar surface area (TPSA) is 93.3 Å². The van der Waals surface area contributed by atoms with Crippen LogP contribution in [0.4, 0.5) is 4.79 Å². The van der Waals surface area contributed by atoms with E-state index in [0.29, 0.717) is 28.8 Å². The van der Waals surface area contributed by atoms with E-state index in [1.807, 2.05) is 45.0 Å². The molecule has 0 saturated carbocycles. The zero-order valence-corrected chi connectivity index (χ0v) is 16.3. The molecule has 3 rings (SSSR count). The number of nitrogens with one attached hydrogen (secondary N) is 2. The Bertz CT molecular complexity index is 1050. The second kappa shape index (κ2) is 7.72. The zero-order chi connectivity index (χ0) is 20.3. The average Bonchev–Trinajstić information content (AvgIpc) is 2.65. The SMILES string of the molecule is COc1ccc2c(=O)[nH]nc(-c3ccc(CNC(=O)OC(C)(C)C)cc3)c2c1. The summed E-state index contributed by atoms with van der Waals surface area (Å²) in [5.41, 5.74) is 1.63. The number of carbonyl (C=O) groups excluding carboxylic acids is 1. The first-order valence-electron chi connectivity index (χ1n) is 8.89. The van der Waals surface area contributed by atoms with Crippen molar-refractivity contribution in [2.75, 3.05) is 7.11 Å². The molecule has 7 nitrogen and oxygen atoms in total. The average molecular weight is 381 g/mol. The van der Waals surface area contributed by atoms with Gasteiger partial charge in [0.1, 0.15) is 11.4 Å². The summed E-state index contributed by atoms with van der Waals surface area (Å²) in [6.07, 6.45) is -0.461. The smallest absolute Gasteiger partial charge is 0.407 e. The van der Waals surface area contributed by atoms with Crippen LogP contribution in [0.5, 0.6) is 5.75 Å². The lowest BCUT2D eigenvalue weighted by Crippen LogP contribution is -2.32. The number of amides is 1. The highest BCUT2D eigenvalue weighted by atomic mass is 16.6. The number of nitrogens with zero attached hydrogens (tertiary/aromatic N) is 1. The Morgan fingerprint density at radius 2 is 1.82 bits per heavy atom.